The average molecular weight is 304 g/mol. The van der Waals surface area contributed by atoms with E-state index in [1.54, 1.807) is 29.2 Å². The van der Waals surface area contributed by atoms with Crippen LogP contribution in [0, 0.1) is 0 Å². The van der Waals surface area contributed by atoms with Crippen molar-refractivity contribution in [3.8, 4) is 0 Å². The molecule has 3 rings (SSSR count). The molecular weight excluding hydrogens is 288 g/mol. The summed E-state index contributed by atoms with van der Waals surface area (Å²) in [5.74, 6) is 0.440. The Morgan fingerprint density at radius 1 is 1.04 bits per heavy atom. The summed E-state index contributed by atoms with van der Waals surface area (Å²) in [7, 11) is 0. The first-order valence-corrected chi connectivity index (χ1v) is 7.27. The Labute approximate surface area is 134 Å². The molecular formula is C18H16N4O. The lowest BCUT2D eigenvalue weighted by Crippen LogP contribution is -2.13. The number of hydrogen-bond donors (Lipinski definition) is 1. The zero-order valence-corrected chi connectivity index (χ0v) is 12.5. The number of rotatable bonds is 5. The van der Waals surface area contributed by atoms with Gasteiger partial charge in [-0.15, -0.1) is 0 Å². The molecule has 0 spiro atoms. The first-order chi connectivity index (χ1) is 11.3. The number of pyridine rings is 1. The third-order valence-electron chi connectivity index (χ3n) is 3.24. The fraction of sp³-hybridized carbons (Fsp3) is 0.0556. The Morgan fingerprint density at radius 2 is 1.87 bits per heavy atom. The molecule has 5 nitrogen and oxygen atoms in total. The van der Waals surface area contributed by atoms with Crippen LogP contribution in [0.3, 0.4) is 0 Å². The molecule has 0 saturated carbocycles. The van der Waals surface area contributed by atoms with Gasteiger partial charge in [0.05, 0.1) is 18.4 Å². The first kappa shape index (κ1) is 14.7. The summed E-state index contributed by atoms with van der Waals surface area (Å²) in [5.41, 5.74) is 1.86. The predicted molar refractivity (Wildman–Crippen MR) is 89.7 cm³/mol. The van der Waals surface area contributed by atoms with Crippen LogP contribution >= 0.6 is 0 Å². The van der Waals surface area contributed by atoms with Crippen molar-refractivity contribution in [3.05, 3.63) is 84.3 Å². The third-order valence-corrected chi connectivity index (χ3v) is 3.24. The SMILES string of the molecule is O=C(C=Cc1ccccn1)Nc1ccnn1Cc1ccccc1. The van der Waals surface area contributed by atoms with Gasteiger partial charge in [-0.25, -0.2) is 4.68 Å². The van der Waals surface area contributed by atoms with Gasteiger partial charge in [-0.2, -0.15) is 5.10 Å². The summed E-state index contributed by atoms with van der Waals surface area (Å²) in [4.78, 5) is 16.2. The number of carbonyl (C=O) groups excluding carboxylic acids is 1. The zero-order valence-electron chi connectivity index (χ0n) is 12.5. The van der Waals surface area contributed by atoms with Gasteiger partial charge in [0.25, 0.3) is 0 Å². The van der Waals surface area contributed by atoms with E-state index >= 15 is 0 Å². The van der Waals surface area contributed by atoms with Crippen molar-refractivity contribution >= 4 is 17.8 Å². The Kier molecular flexibility index (Phi) is 4.59. The number of nitrogens with zero attached hydrogens (tertiary/aromatic N) is 3. The van der Waals surface area contributed by atoms with Crippen molar-refractivity contribution in [2.75, 3.05) is 5.32 Å². The summed E-state index contributed by atoms with van der Waals surface area (Å²) in [6.07, 6.45) is 6.49. The number of amides is 1. The number of nitrogens with one attached hydrogen (secondary N) is 1. The molecule has 5 heteroatoms. The second-order valence-electron chi connectivity index (χ2n) is 4.94. The maximum absolute atomic E-state index is 12.0. The van der Waals surface area contributed by atoms with Crippen LogP contribution in [0.4, 0.5) is 5.82 Å². The van der Waals surface area contributed by atoms with Crippen LogP contribution < -0.4 is 5.32 Å². The van der Waals surface area contributed by atoms with Crippen LogP contribution in [0.5, 0.6) is 0 Å². The Bertz CT molecular complexity index is 794. The maximum atomic E-state index is 12.0. The van der Waals surface area contributed by atoms with Crippen LogP contribution in [-0.4, -0.2) is 20.7 Å². The largest absolute Gasteiger partial charge is 0.307 e. The molecule has 3 aromatic rings. The molecule has 114 valence electrons. The van der Waals surface area contributed by atoms with E-state index in [1.807, 2.05) is 48.5 Å². The van der Waals surface area contributed by atoms with Crippen molar-refractivity contribution in [2.24, 2.45) is 0 Å². The van der Waals surface area contributed by atoms with Gasteiger partial charge in [-0.1, -0.05) is 36.4 Å². The number of aromatic nitrogens is 3. The molecule has 0 aliphatic carbocycles. The summed E-state index contributed by atoms with van der Waals surface area (Å²) in [6, 6.07) is 17.3. The minimum absolute atomic E-state index is 0.217. The molecule has 2 aromatic heterocycles. The van der Waals surface area contributed by atoms with Crippen molar-refractivity contribution in [2.45, 2.75) is 6.54 Å². The van der Waals surface area contributed by atoms with Gasteiger partial charge in [0.2, 0.25) is 5.91 Å². The smallest absolute Gasteiger partial charge is 0.249 e. The van der Waals surface area contributed by atoms with Crippen molar-refractivity contribution in [1.82, 2.24) is 14.8 Å². The lowest BCUT2D eigenvalue weighted by atomic mass is 10.2. The van der Waals surface area contributed by atoms with E-state index in [4.69, 9.17) is 0 Å². The van der Waals surface area contributed by atoms with Crippen LogP contribution in [0.1, 0.15) is 11.3 Å². The number of hydrogen-bond acceptors (Lipinski definition) is 3. The van der Waals surface area contributed by atoms with Gasteiger partial charge in [0.1, 0.15) is 5.82 Å². The highest BCUT2D eigenvalue weighted by Gasteiger charge is 2.05. The number of carbonyl (C=O) groups is 1. The quantitative estimate of drug-likeness (QED) is 0.737. The molecule has 0 saturated heterocycles. The lowest BCUT2D eigenvalue weighted by Gasteiger charge is -2.07. The highest BCUT2D eigenvalue weighted by molar-refractivity contribution is 6.01. The summed E-state index contributed by atoms with van der Waals surface area (Å²) >= 11 is 0. The molecule has 1 amide bonds. The lowest BCUT2D eigenvalue weighted by molar-refractivity contribution is -0.111. The van der Waals surface area contributed by atoms with Gasteiger partial charge in [-0.05, 0) is 23.8 Å². The second-order valence-corrected chi connectivity index (χ2v) is 4.94. The molecule has 23 heavy (non-hydrogen) atoms. The van der Waals surface area contributed by atoms with E-state index < -0.39 is 0 Å². The normalized spacial score (nSPS) is 10.8. The average Bonchev–Trinajstić information content (AvgIpc) is 3.02. The van der Waals surface area contributed by atoms with Crippen LogP contribution in [0.15, 0.2) is 73.1 Å². The molecule has 1 aromatic carbocycles. The number of benzene rings is 1. The standard InChI is InChI=1S/C18H16N4O/c23-18(10-9-16-8-4-5-12-19-16)21-17-11-13-20-22(17)14-15-6-2-1-3-7-15/h1-13H,14H2,(H,21,23). The van der Waals surface area contributed by atoms with Crippen LogP contribution in [0.2, 0.25) is 0 Å². The first-order valence-electron chi connectivity index (χ1n) is 7.27. The summed E-state index contributed by atoms with van der Waals surface area (Å²) in [5, 5.41) is 7.08. The monoisotopic (exact) mass is 304 g/mol. The van der Waals surface area contributed by atoms with E-state index in [9.17, 15) is 4.79 Å². The predicted octanol–water partition coefficient (Wildman–Crippen LogP) is 2.98. The van der Waals surface area contributed by atoms with Crippen molar-refractivity contribution in [3.63, 3.8) is 0 Å². The summed E-state index contributed by atoms with van der Waals surface area (Å²) < 4.78 is 1.75. The molecule has 0 aliphatic rings. The molecule has 2 heterocycles. The number of anilines is 1. The zero-order chi connectivity index (χ0) is 15.9. The summed E-state index contributed by atoms with van der Waals surface area (Å²) in [6.45, 7) is 0.605. The third kappa shape index (κ3) is 4.14. The Hall–Kier alpha value is -3.21. The van der Waals surface area contributed by atoms with Crippen molar-refractivity contribution < 1.29 is 4.79 Å². The van der Waals surface area contributed by atoms with E-state index in [-0.39, 0.29) is 5.91 Å². The molecule has 0 fully saturated rings. The highest BCUT2D eigenvalue weighted by atomic mass is 16.1. The molecule has 0 radical (unpaired) electrons. The van der Waals surface area contributed by atoms with Crippen LogP contribution in [0.25, 0.3) is 6.08 Å². The van der Waals surface area contributed by atoms with E-state index in [0.29, 0.717) is 12.4 Å². The van der Waals surface area contributed by atoms with Gasteiger partial charge in [0.15, 0.2) is 0 Å². The van der Waals surface area contributed by atoms with Crippen LogP contribution in [-0.2, 0) is 11.3 Å². The Morgan fingerprint density at radius 3 is 2.65 bits per heavy atom. The topological polar surface area (TPSA) is 59.8 Å². The van der Waals surface area contributed by atoms with Gasteiger partial charge < -0.3 is 5.32 Å². The fourth-order valence-electron chi connectivity index (χ4n) is 2.12. The molecule has 0 aliphatic heterocycles. The van der Waals surface area contributed by atoms with E-state index in [2.05, 4.69) is 15.4 Å². The second kappa shape index (κ2) is 7.17. The van der Waals surface area contributed by atoms with E-state index in [0.717, 1.165) is 11.3 Å². The van der Waals surface area contributed by atoms with Gasteiger partial charge in [0, 0.05) is 18.3 Å². The Balaban J connectivity index is 1.65. The minimum atomic E-state index is -0.217. The van der Waals surface area contributed by atoms with Crippen molar-refractivity contribution in [1.29, 1.82) is 0 Å². The van der Waals surface area contributed by atoms with E-state index in [1.165, 1.54) is 6.08 Å². The molecule has 0 unspecified atom stereocenters. The molecule has 0 atom stereocenters. The fourth-order valence-corrected chi connectivity index (χ4v) is 2.12. The van der Waals surface area contributed by atoms with Gasteiger partial charge in [-0.3, -0.25) is 9.78 Å². The van der Waals surface area contributed by atoms with Gasteiger partial charge >= 0.3 is 0 Å². The maximum Gasteiger partial charge on any atom is 0.249 e. The minimum Gasteiger partial charge on any atom is -0.307 e. The molecule has 1 N–H and O–H groups in total. The molecule has 0 bridgehead atoms. The highest BCUT2D eigenvalue weighted by Crippen LogP contribution is 2.10.